The van der Waals surface area contributed by atoms with Gasteiger partial charge in [-0.25, -0.2) is 4.39 Å². The van der Waals surface area contributed by atoms with Gasteiger partial charge in [0.15, 0.2) is 6.61 Å². The number of nitrogens with one attached hydrogen (secondary N) is 2. The summed E-state index contributed by atoms with van der Waals surface area (Å²) >= 11 is 0. The average Bonchev–Trinajstić information content (AvgIpc) is 2.59. The molecule has 130 valence electrons. The number of hydrogen-bond acceptors (Lipinski definition) is 5. The Labute approximate surface area is 141 Å². The molecule has 2 aromatic rings. The van der Waals surface area contributed by atoms with Gasteiger partial charge in [-0.05, 0) is 25.1 Å². The quantitative estimate of drug-likeness (QED) is 0.634. The summed E-state index contributed by atoms with van der Waals surface area (Å²) in [4.78, 5) is 33.1. The first-order valence-electron chi connectivity index (χ1n) is 7.09. The normalized spacial score (nSPS) is 10.0. The third kappa shape index (κ3) is 4.99. The van der Waals surface area contributed by atoms with Crippen molar-refractivity contribution in [3.8, 4) is 5.75 Å². The van der Waals surface area contributed by atoms with Crippen LogP contribution in [0.4, 0.5) is 10.1 Å². The molecule has 0 saturated heterocycles. The Balaban J connectivity index is 1.85. The van der Waals surface area contributed by atoms with Gasteiger partial charge in [-0.1, -0.05) is 17.7 Å². The number of benzene rings is 2. The lowest BCUT2D eigenvalue weighted by molar-refractivity contribution is -0.385. The molecular formula is C16H14FN3O5. The molecule has 0 spiro atoms. The third-order valence-electron chi connectivity index (χ3n) is 3.11. The fraction of sp³-hybridized carbons (Fsp3) is 0.125. The summed E-state index contributed by atoms with van der Waals surface area (Å²) < 4.78 is 18.9. The molecule has 0 aliphatic carbocycles. The first-order valence-corrected chi connectivity index (χ1v) is 7.09. The number of carbonyl (C=O) groups is 2. The minimum Gasteiger partial charge on any atom is -0.484 e. The van der Waals surface area contributed by atoms with Crippen LogP contribution in [0, 0.1) is 22.9 Å². The predicted octanol–water partition coefficient (Wildman–Crippen LogP) is 1.88. The number of halogens is 1. The number of nitro benzene ring substituents is 1. The van der Waals surface area contributed by atoms with Gasteiger partial charge in [-0.3, -0.25) is 30.6 Å². The van der Waals surface area contributed by atoms with E-state index in [9.17, 15) is 24.1 Å². The van der Waals surface area contributed by atoms with Gasteiger partial charge in [0.25, 0.3) is 17.5 Å². The molecule has 0 aromatic heterocycles. The van der Waals surface area contributed by atoms with Crippen LogP contribution in [0.5, 0.6) is 5.75 Å². The van der Waals surface area contributed by atoms with Gasteiger partial charge < -0.3 is 4.74 Å². The van der Waals surface area contributed by atoms with Crippen LogP contribution < -0.4 is 15.6 Å². The summed E-state index contributed by atoms with van der Waals surface area (Å²) in [5, 5.41) is 10.5. The van der Waals surface area contributed by atoms with E-state index >= 15 is 0 Å². The second kappa shape index (κ2) is 7.86. The van der Waals surface area contributed by atoms with Gasteiger partial charge in [0.05, 0.1) is 16.6 Å². The van der Waals surface area contributed by atoms with Crippen molar-refractivity contribution in [3.05, 3.63) is 69.5 Å². The van der Waals surface area contributed by atoms with Crippen molar-refractivity contribution in [2.75, 3.05) is 6.61 Å². The van der Waals surface area contributed by atoms with Crippen LogP contribution in [0.25, 0.3) is 0 Å². The van der Waals surface area contributed by atoms with Crippen LogP contribution in [0.1, 0.15) is 15.9 Å². The van der Waals surface area contributed by atoms with Crippen LogP contribution in [0.3, 0.4) is 0 Å². The van der Waals surface area contributed by atoms with Crippen LogP contribution in [-0.2, 0) is 4.79 Å². The molecule has 0 bridgehead atoms. The zero-order chi connectivity index (χ0) is 18.4. The molecule has 0 aliphatic heterocycles. The summed E-state index contributed by atoms with van der Waals surface area (Å²) in [5.41, 5.74) is 4.18. The molecule has 8 nitrogen and oxygen atoms in total. The number of carbonyl (C=O) groups excluding carboxylic acids is 2. The van der Waals surface area contributed by atoms with E-state index in [4.69, 9.17) is 4.74 Å². The van der Waals surface area contributed by atoms with E-state index in [2.05, 4.69) is 5.43 Å². The van der Waals surface area contributed by atoms with Crippen molar-refractivity contribution in [1.29, 1.82) is 0 Å². The van der Waals surface area contributed by atoms with E-state index in [0.29, 0.717) is 11.8 Å². The maximum absolute atomic E-state index is 13.7. The topological polar surface area (TPSA) is 111 Å². The number of non-ortho nitro benzene ring substituents is 1. The standard InChI is InChI=1S/C16H14FN3O5/c1-10-2-5-12(6-3-10)25-9-15(21)18-19-16(22)13-7-4-11(20(23)24)8-14(13)17/h2-8H,9H2,1H3,(H,18,21)(H,19,22). The van der Waals surface area contributed by atoms with Crippen molar-refractivity contribution in [3.63, 3.8) is 0 Å². The largest absolute Gasteiger partial charge is 0.484 e. The monoisotopic (exact) mass is 347 g/mol. The number of nitro groups is 1. The van der Waals surface area contributed by atoms with Crippen molar-refractivity contribution >= 4 is 17.5 Å². The zero-order valence-electron chi connectivity index (χ0n) is 13.1. The van der Waals surface area contributed by atoms with Crippen molar-refractivity contribution in [2.24, 2.45) is 0 Å². The molecule has 0 saturated carbocycles. The molecule has 2 rings (SSSR count). The highest BCUT2D eigenvalue weighted by Crippen LogP contribution is 2.16. The number of nitrogens with zero attached hydrogens (tertiary/aromatic N) is 1. The molecule has 0 atom stereocenters. The van der Waals surface area contributed by atoms with E-state index < -0.39 is 33.8 Å². The van der Waals surface area contributed by atoms with Crippen LogP contribution in [0.2, 0.25) is 0 Å². The van der Waals surface area contributed by atoms with Crippen molar-refractivity contribution in [2.45, 2.75) is 6.92 Å². The molecular weight excluding hydrogens is 333 g/mol. The highest BCUT2D eigenvalue weighted by atomic mass is 19.1. The van der Waals surface area contributed by atoms with Gasteiger partial charge in [0.1, 0.15) is 11.6 Å². The number of hydrogen-bond donors (Lipinski definition) is 2. The van der Waals surface area contributed by atoms with Crippen LogP contribution >= 0.6 is 0 Å². The van der Waals surface area contributed by atoms with E-state index in [1.54, 1.807) is 12.1 Å². The average molecular weight is 347 g/mol. The summed E-state index contributed by atoms with van der Waals surface area (Å²) in [5.74, 6) is -2.20. The van der Waals surface area contributed by atoms with E-state index in [-0.39, 0.29) is 6.61 Å². The Morgan fingerprint density at radius 2 is 1.84 bits per heavy atom. The molecule has 0 fully saturated rings. The van der Waals surface area contributed by atoms with Gasteiger partial charge in [-0.15, -0.1) is 0 Å². The minimum absolute atomic E-state index is 0.355. The van der Waals surface area contributed by atoms with E-state index in [1.807, 2.05) is 24.5 Å². The summed E-state index contributed by atoms with van der Waals surface area (Å²) in [6.07, 6.45) is 0. The predicted molar refractivity (Wildman–Crippen MR) is 85.3 cm³/mol. The summed E-state index contributed by atoms with van der Waals surface area (Å²) in [6, 6.07) is 9.56. The Bertz CT molecular complexity index is 808. The molecule has 9 heteroatoms. The van der Waals surface area contributed by atoms with Gasteiger partial charge in [-0.2, -0.15) is 0 Å². The molecule has 0 heterocycles. The number of rotatable bonds is 5. The van der Waals surface area contributed by atoms with Gasteiger partial charge >= 0.3 is 0 Å². The number of aryl methyl sites for hydroxylation is 1. The van der Waals surface area contributed by atoms with E-state index in [0.717, 1.165) is 17.7 Å². The molecule has 25 heavy (non-hydrogen) atoms. The highest BCUT2D eigenvalue weighted by Gasteiger charge is 2.16. The van der Waals surface area contributed by atoms with Crippen molar-refractivity contribution in [1.82, 2.24) is 10.9 Å². The number of hydrazine groups is 1. The maximum Gasteiger partial charge on any atom is 0.276 e. The Hall–Kier alpha value is -3.49. The molecule has 0 radical (unpaired) electrons. The highest BCUT2D eigenvalue weighted by molar-refractivity contribution is 5.95. The first-order chi connectivity index (χ1) is 11.9. The Morgan fingerprint density at radius 1 is 1.16 bits per heavy atom. The lowest BCUT2D eigenvalue weighted by Crippen LogP contribution is -2.44. The van der Waals surface area contributed by atoms with Gasteiger partial charge in [0, 0.05) is 6.07 Å². The minimum atomic E-state index is -1.07. The van der Waals surface area contributed by atoms with E-state index in [1.165, 1.54) is 0 Å². The number of ether oxygens (including phenoxy) is 1. The maximum atomic E-state index is 13.7. The van der Waals surface area contributed by atoms with Crippen LogP contribution in [-0.4, -0.2) is 23.3 Å². The zero-order valence-corrected chi connectivity index (χ0v) is 13.1. The summed E-state index contributed by atoms with van der Waals surface area (Å²) in [6.45, 7) is 1.55. The van der Waals surface area contributed by atoms with Crippen LogP contribution in [0.15, 0.2) is 42.5 Å². The summed E-state index contributed by atoms with van der Waals surface area (Å²) in [7, 11) is 0. The molecule has 2 N–H and O–H groups in total. The Kier molecular flexibility index (Phi) is 5.62. The molecule has 2 aromatic carbocycles. The first kappa shape index (κ1) is 17.9. The third-order valence-corrected chi connectivity index (χ3v) is 3.11. The molecule has 2 amide bonds. The molecule has 0 aliphatic rings. The second-order valence-corrected chi connectivity index (χ2v) is 5.03. The van der Waals surface area contributed by atoms with Crippen molar-refractivity contribution < 1.29 is 23.6 Å². The SMILES string of the molecule is Cc1ccc(OCC(=O)NNC(=O)c2ccc([N+](=O)[O-])cc2F)cc1. The van der Waals surface area contributed by atoms with Gasteiger partial charge in [0.2, 0.25) is 0 Å². The lowest BCUT2D eigenvalue weighted by Gasteiger charge is -2.09. The Morgan fingerprint density at radius 3 is 2.44 bits per heavy atom. The fourth-order valence-electron chi connectivity index (χ4n) is 1.81. The lowest BCUT2D eigenvalue weighted by atomic mass is 10.2. The smallest absolute Gasteiger partial charge is 0.276 e. The fourth-order valence-corrected chi connectivity index (χ4v) is 1.81. The second-order valence-electron chi connectivity index (χ2n) is 5.03. The number of amides is 2. The molecule has 0 unspecified atom stereocenters.